The van der Waals surface area contributed by atoms with Gasteiger partial charge < -0.3 is 19.2 Å². The zero-order valence-electron chi connectivity index (χ0n) is 10.1. The molecule has 90 valence electrons. The molecule has 4 heteroatoms. The summed E-state index contributed by atoms with van der Waals surface area (Å²) in [7, 11) is 0. The molecule has 2 rings (SSSR count). The van der Waals surface area contributed by atoms with Gasteiger partial charge in [0.15, 0.2) is 5.79 Å². The lowest BCUT2D eigenvalue weighted by molar-refractivity contribution is -0.137. The predicted octanol–water partition coefficient (Wildman–Crippen LogP) is 1.83. The Balaban J connectivity index is 1.71. The molecule has 1 aromatic rings. The van der Waals surface area contributed by atoms with Gasteiger partial charge in [0.25, 0.3) is 0 Å². The monoisotopic (exact) mass is 225 g/mol. The summed E-state index contributed by atoms with van der Waals surface area (Å²) >= 11 is 0. The van der Waals surface area contributed by atoms with Crippen molar-refractivity contribution in [1.82, 2.24) is 5.32 Å². The fourth-order valence-electron chi connectivity index (χ4n) is 1.80. The van der Waals surface area contributed by atoms with E-state index in [0.29, 0.717) is 6.61 Å². The van der Waals surface area contributed by atoms with Gasteiger partial charge in [0.05, 0.1) is 25.5 Å². The van der Waals surface area contributed by atoms with Gasteiger partial charge in [-0.3, -0.25) is 0 Å². The van der Waals surface area contributed by atoms with Crippen LogP contribution in [-0.2, 0) is 16.0 Å². The summed E-state index contributed by atoms with van der Waals surface area (Å²) in [6.07, 6.45) is 1.84. The maximum atomic E-state index is 5.68. The number of hydrogen-bond acceptors (Lipinski definition) is 4. The second-order valence-corrected chi connectivity index (χ2v) is 4.61. The average Bonchev–Trinajstić information content (AvgIpc) is 2.74. The van der Waals surface area contributed by atoms with Gasteiger partial charge in [-0.05, 0) is 32.4 Å². The van der Waals surface area contributed by atoms with E-state index in [4.69, 9.17) is 13.9 Å². The van der Waals surface area contributed by atoms with E-state index in [1.807, 2.05) is 26.8 Å². The molecule has 1 atom stereocenters. The number of furan rings is 1. The van der Waals surface area contributed by atoms with Crippen LogP contribution >= 0.6 is 0 Å². The predicted molar refractivity (Wildman–Crippen MR) is 60.1 cm³/mol. The molecular weight excluding hydrogens is 206 g/mol. The maximum absolute atomic E-state index is 5.68. The first-order valence-corrected chi connectivity index (χ1v) is 5.62. The van der Waals surface area contributed by atoms with E-state index in [1.165, 1.54) is 5.56 Å². The molecule has 1 N–H and O–H groups in total. The van der Waals surface area contributed by atoms with Crippen molar-refractivity contribution in [2.24, 2.45) is 0 Å². The van der Waals surface area contributed by atoms with Crippen molar-refractivity contribution in [2.75, 3.05) is 13.2 Å². The van der Waals surface area contributed by atoms with Crippen LogP contribution in [0.2, 0.25) is 0 Å². The first-order chi connectivity index (χ1) is 7.57. The van der Waals surface area contributed by atoms with Crippen LogP contribution in [0.15, 0.2) is 16.7 Å². The molecular formula is C12H19NO3. The smallest absolute Gasteiger partial charge is 0.163 e. The second kappa shape index (κ2) is 4.57. The number of ether oxygens (including phenoxy) is 2. The standard InChI is InChI=1S/C12H19NO3/c1-9-4-5-14-11(9)7-13-6-10-8-15-12(2,3)16-10/h4-5,10,13H,6-8H2,1-3H3. The lowest BCUT2D eigenvalue weighted by Gasteiger charge is -2.17. The zero-order valence-corrected chi connectivity index (χ0v) is 10.1. The third-order valence-corrected chi connectivity index (χ3v) is 2.69. The molecule has 1 aromatic heterocycles. The third-order valence-electron chi connectivity index (χ3n) is 2.69. The van der Waals surface area contributed by atoms with Gasteiger partial charge in [0.1, 0.15) is 5.76 Å². The Morgan fingerprint density at radius 1 is 1.50 bits per heavy atom. The Labute approximate surface area is 95.9 Å². The van der Waals surface area contributed by atoms with Gasteiger partial charge in [0.2, 0.25) is 0 Å². The molecule has 0 spiro atoms. The molecule has 2 heterocycles. The Hall–Kier alpha value is -0.840. The molecule has 1 aliphatic rings. The van der Waals surface area contributed by atoms with Crippen molar-refractivity contribution in [3.8, 4) is 0 Å². The quantitative estimate of drug-likeness (QED) is 0.849. The van der Waals surface area contributed by atoms with Crippen LogP contribution < -0.4 is 5.32 Å². The zero-order chi connectivity index (χ0) is 11.6. The van der Waals surface area contributed by atoms with Gasteiger partial charge in [-0.1, -0.05) is 0 Å². The van der Waals surface area contributed by atoms with Crippen LogP contribution in [0.3, 0.4) is 0 Å². The molecule has 0 saturated carbocycles. The summed E-state index contributed by atoms with van der Waals surface area (Å²) in [4.78, 5) is 0. The molecule has 1 aliphatic heterocycles. The summed E-state index contributed by atoms with van der Waals surface area (Å²) in [5, 5.41) is 3.31. The van der Waals surface area contributed by atoms with Crippen LogP contribution in [0.4, 0.5) is 0 Å². The molecule has 0 aliphatic carbocycles. The number of rotatable bonds is 4. The third kappa shape index (κ3) is 2.84. The Bertz CT molecular complexity index is 346. The van der Waals surface area contributed by atoms with Crippen LogP contribution in [0, 0.1) is 6.92 Å². The fraction of sp³-hybridized carbons (Fsp3) is 0.667. The summed E-state index contributed by atoms with van der Waals surface area (Å²) in [6, 6.07) is 1.97. The highest BCUT2D eigenvalue weighted by Gasteiger charge is 2.32. The lowest BCUT2D eigenvalue weighted by Crippen LogP contribution is -2.30. The van der Waals surface area contributed by atoms with Crippen molar-refractivity contribution in [3.63, 3.8) is 0 Å². The lowest BCUT2D eigenvalue weighted by atomic mass is 10.3. The topological polar surface area (TPSA) is 43.6 Å². The highest BCUT2D eigenvalue weighted by Crippen LogP contribution is 2.21. The Morgan fingerprint density at radius 3 is 2.88 bits per heavy atom. The van der Waals surface area contributed by atoms with E-state index in [2.05, 4.69) is 5.32 Å². The summed E-state index contributed by atoms with van der Waals surface area (Å²) in [5.41, 5.74) is 1.18. The van der Waals surface area contributed by atoms with Crippen molar-refractivity contribution in [2.45, 2.75) is 39.2 Å². The largest absolute Gasteiger partial charge is 0.468 e. The minimum atomic E-state index is -0.438. The van der Waals surface area contributed by atoms with Crippen molar-refractivity contribution < 1.29 is 13.9 Å². The average molecular weight is 225 g/mol. The Kier molecular flexibility index (Phi) is 3.33. The molecule has 16 heavy (non-hydrogen) atoms. The normalized spacial score (nSPS) is 23.8. The molecule has 1 unspecified atom stereocenters. The Morgan fingerprint density at radius 2 is 2.31 bits per heavy atom. The van der Waals surface area contributed by atoms with Gasteiger partial charge >= 0.3 is 0 Å². The van der Waals surface area contributed by atoms with Crippen molar-refractivity contribution in [1.29, 1.82) is 0 Å². The van der Waals surface area contributed by atoms with Crippen LogP contribution in [0.1, 0.15) is 25.2 Å². The van der Waals surface area contributed by atoms with Crippen LogP contribution in [0.5, 0.6) is 0 Å². The van der Waals surface area contributed by atoms with E-state index in [9.17, 15) is 0 Å². The summed E-state index contributed by atoms with van der Waals surface area (Å²) in [6.45, 7) is 8.08. The van der Waals surface area contributed by atoms with Gasteiger partial charge in [0, 0.05) is 6.54 Å². The van der Waals surface area contributed by atoms with Gasteiger partial charge in [-0.25, -0.2) is 0 Å². The summed E-state index contributed by atoms with van der Waals surface area (Å²) < 4.78 is 16.5. The molecule has 1 saturated heterocycles. The minimum Gasteiger partial charge on any atom is -0.468 e. The second-order valence-electron chi connectivity index (χ2n) is 4.61. The highest BCUT2D eigenvalue weighted by molar-refractivity contribution is 5.14. The number of hydrogen-bond donors (Lipinski definition) is 1. The molecule has 0 bridgehead atoms. The van der Waals surface area contributed by atoms with E-state index in [-0.39, 0.29) is 6.10 Å². The first kappa shape index (κ1) is 11.6. The van der Waals surface area contributed by atoms with Crippen LogP contribution in [-0.4, -0.2) is 25.0 Å². The molecule has 4 nitrogen and oxygen atoms in total. The fourth-order valence-corrected chi connectivity index (χ4v) is 1.80. The SMILES string of the molecule is Cc1ccoc1CNCC1COC(C)(C)O1. The van der Waals surface area contributed by atoms with Gasteiger partial charge in [-0.15, -0.1) is 0 Å². The van der Waals surface area contributed by atoms with Crippen molar-refractivity contribution in [3.05, 3.63) is 23.7 Å². The van der Waals surface area contributed by atoms with E-state index < -0.39 is 5.79 Å². The molecule has 1 fully saturated rings. The maximum Gasteiger partial charge on any atom is 0.163 e. The summed E-state index contributed by atoms with van der Waals surface area (Å²) in [5.74, 6) is 0.547. The number of aryl methyl sites for hydroxylation is 1. The van der Waals surface area contributed by atoms with Gasteiger partial charge in [-0.2, -0.15) is 0 Å². The molecule has 0 amide bonds. The molecule has 0 radical (unpaired) electrons. The van der Waals surface area contributed by atoms with E-state index >= 15 is 0 Å². The highest BCUT2D eigenvalue weighted by atomic mass is 16.7. The number of nitrogens with one attached hydrogen (secondary N) is 1. The minimum absolute atomic E-state index is 0.130. The van der Waals surface area contributed by atoms with Crippen LogP contribution in [0.25, 0.3) is 0 Å². The molecule has 0 aromatic carbocycles. The van der Waals surface area contributed by atoms with E-state index in [1.54, 1.807) is 6.26 Å². The van der Waals surface area contributed by atoms with Crippen molar-refractivity contribution >= 4 is 0 Å². The van der Waals surface area contributed by atoms with E-state index in [0.717, 1.165) is 18.8 Å². The first-order valence-electron chi connectivity index (χ1n) is 5.62.